The van der Waals surface area contributed by atoms with Gasteiger partial charge in [0.05, 0.1) is 11.3 Å². The molecule has 20 heavy (non-hydrogen) atoms. The van der Waals surface area contributed by atoms with Gasteiger partial charge in [-0.3, -0.25) is 4.79 Å². The number of rotatable bonds is 2. The highest BCUT2D eigenvalue weighted by Crippen LogP contribution is 2.30. The minimum Gasteiger partial charge on any atom is -0.361 e. The minimum absolute atomic E-state index is 0.184. The number of alkyl halides is 3. The average Bonchev–Trinajstić information content (AvgIpc) is 2.68. The normalized spacial score (nSPS) is 11.4. The second-order valence-electron chi connectivity index (χ2n) is 4.08. The van der Waals surface area contributed by atoms with Crippen molar-refractivity contribution in [2.75, 3.05) is 5.32 Å². The van der Waals surface area contributed by atoms with Gasteiger partial charge in [0.2, 0.25) is 0 Å². The van der Waals surface area contributed by atoms with E-state index >= 15 is 0 Å². The highest BCUT2D eigenvalue weighted by atomic mass is 19.4. The Labute approximate surface area is 111 Å². The SMILES string of the molecule is Cc1noc(C)c1C(=O)Nc1cc(C(F)(F)F)ccn1. The molecule has 0 fully saturated rings. The molecule has 1 amide bonds. The molecule has 0 saturated carbocycles. The van der Waals surface area contributed by atoms with E-state index in [1.54, 1.807) is 6.92 Å². The summed E-state index contributed by atoms with van der Waals surface area (Å²) in [5.74, 6) is -0.523. The monoisotopic (exact) mass is 285 g/mol. The zero-order valence-corrected chi connectivity index (χ0v) is 10.6. The molecule has 5 nitrogen and oxygen atoms in total. The molecule has 0 aliphatic heterocycles. The third-order valence-corrected chi connectivity index (χ3v) is 2.59. The number of halogens is 3. The van der Waals surface area contributed by atoms with Crippen LogP contribution in [0.15, 0.2) is 22.9 Å². The van der Waals surface area contributed by atoms with Gasteiger partial charge in [-0.05, 0) is 26.0 Å². The highest BCUT2D eigenvalue weighted by Gasteiger charge is 2.31. The number of nitrogens with one attached hydrogen (secondary N) is 1. The lowest BCUT2D eigenvalue weighted by atomic mass is 10.2. The van der Waals surface area contributed by atoms with Crippen molar-refractivity contribution < 1.29 is 22.5 Å². The maximum absolute atomic E-state index is 12.5. The van der Waals surface area contributed by atoms with E-state index in [1.165, 1.54) is 6.92 Å². The van der Waals surface area contributed by atoms with Crippen molar-refractivity contribution in [2.24, 2.45) is 0 Å². The fraction of sp³-hybridized carbons (Fsp3) is 0.250. The molecular weight excluding hydrogens is 275 g/mol. The molecule has 0 atom stereocenters. The summed E-state index contributed by atoms with van der Waals surface area (Å²) in [7, 11) is 0. The fourth-order valence-electron chi connectivity index (χ4n) is 1.66. The molecule has 0 spiro atoms. The highest BCUT2D eigenvalue weighted by molar-refractivity contribution is 6.05. The van der Waals surface area contributed by atoms with Crippen molar-refractivity contribution in [1.82, 2.24) is 10.1 Å². The summed E-state index contributed by atoms with van der Waals surface area (Å²) in [5.41, 5.74) is -0.349. The second kappa shape index (κ2) is 4.95. The Bertz CT molecular complexity index is 630. The topological polar surface area (TPSA) is 68.0 Å². The zero-order valence-electron chi connectivity index (χ0n) is 10.6. The number of aryl methyl sites for hydroxylation is 2. The summed E-state index contributed by atoms with van der Waals surface area (Å²) in [6.45, 7) is 3.10. The Kier molecular flexibility index (Phi) is 3.47. The lowest BCUT2D eigenvalue weighted by Gasteiger charge is -2.08. The average molecular weight is 285 g/mol. The third kappa shape index (κ3) is 2.79. The van der Waals surface area contributed by atoms with Crippen LogP contribution in [0.3, 0.4) is 0 Å². The Morgan fingerprint density at radius 3 is 2.60 bits per heavy atom. The minimum atomic E-state index is -4.49. The predicted molar refractivity (Wildman–Crippen MR) is 63.2 cm³/mol. The number of anilines is 1. The maximum Gasteiger partial charge on any atom is 0.416 e. The van der Waals surface area contributed by atoms with Crippen LogP contribution in [0.25, 0.3) is 0 Å². The fourth-order valence-corrected chi connectivity index (χ4v) is 1.66. The van der Waals surface area contributed by atoms with Gasteiger partial charge < -0.3 is 9.84 Å². The second-order valence-corrected chi connectivity index (χ2v) is 4.08. The van der Waals surface area contributed by atoms with Crippen LogP contribution >= 0.6 is 0 Å². The van der Waals surface area contributed by atoms with Crippen LogP contribution in [0, 0.1) is 13.8 Å². The quantitative estimate of drug-likeness (QED) is 0.921. The van der Waals surface area contributed by atoms with Crippen LogP contribution in [0.4, 0.5) is 19.0 Å². The number of carbonyl (C=O) groups is 1. The molecule has 0 unspecified atom stereocenters. The molecule has 2 rings (SSSR count). The zero-order chi connectivity index (χ0) is 14.9. The molecule has 0 aliphatic rings. The molecule has 2 aromatic rings. The first-order valence-electron chi connectivity index (χ1n) is 5.56. The molecule has 0 aliphatic carbocycles. The lowest BCUT2D eigenvalue weighted by molar-refractivity contribution is -0.137. The van der Waals surface area contributed by atoms with E-state index in [2.05, 4.69) is 15.5 Å². The molecule has 2 aromatic heterocycles. The van der Waals surface area contributed by atoms with E-state index in [0.717, 1.165) is 18.3 Å². The van der Waals surface area contributed by atoms with E-state index in [0.29, 0.717) is 5.69 Å². The Balaban J connectivity index is 2.25. The van der Waals surface area contributed by atoms with Crippen LogP contribution in [-0.2, 0) is 6.18 Å². The molecule has 106 valence electrons. The molecule has 1 N–H and O–H groups in total. The molecular formula is C12H10F3N3O2. The van der Waals surface area contributed by atoms with Gasteiger partial charge in [0.25, 0.3) is 5.91 Å². The van der Waals surface area contributed by atoms with Gasteiger partial charge in [-0.25, -0.2) is 4.98 Å². The number of pyridine rings is 1. The Morgan fingerprint density at radius 2 is 2.05 bits per heavy atom. The van der Waals surface area contributed by atoms with Crippen molar-refractivity contribution in [3.63, 3.8) is 0 Å². The number of carbonyl (C=O) groups excluding carboxylic acids is 1. The van der Waals surface area contributed by atoms with Crippen LogP contribution < -0.4 is 5.32 Å². The number of hydrogen-bond acceptors (Lipinski definition) is 4. The smallest absolute Gasteiger partial charge is 0.361 e. The number of nitrogens with zero attached hydrogens (tertiary/aromatic N) is 2. The van der Waals surface area contributed by atoms with Gasteiger partial charge in [0, 0.05) is 6.20 Å². The number of aromatic nitrogens is 2. The van der Waals surface area contributed by atoms with E-state index in [1.807, 2.05) is 0 Å². The van der Waals surface area contributed by atoms with Crippen LogP contribution in [-0.4, -0.2) is 16.0 Å². The first kappa shape index (κ1) is 14.0. The summed E-state index contributed by atoms with van der Waals surface area (Å²) >= 11 is 0. The summed E-state index contributed by atoms with van der Waals surface area (Å²) in [4.78, 5) is 15.6. The van der Waals surface area contributed by atoms with Crippen molar-refractivity contribution in [2.45, 2.75) is 20.0 Å². The molecule has 0 aromatic carbocycles. The molecule has 2 heterocycles. The molecule has 0 bridgehead atoms. The lowest BCUT2D eigenvalue weighted by Crippen LogP contribution is -2.15. The number of amides is 1. The van der Waals surface area contributed by atoms with Crippen molar-refractivity contribution >= 4 is 11.7 Å². The van der Waals surface area contributed by atoms with Crippen molar-refractivity contribution in [1.29, 1.82) is 0 Å². The van der Waals surface area contributed by atoms with Crippen LogP contribution in [0.2, 0.25) is 0 Å². The van der Waals surface area contributed by atoms with E-state index in [9.17, 15) is 18.0 Å². The van der Waals surface area contributed by atoms with Gasteiger partial charge in [0.1, 0.15) is 17.1 Å². The van der Waals surface area contributed by atoms with Crippen molar-refractivity contribution in [3.8, 4) is 0 Å². The van der Waals surface area contributed by atoms with Gasteiger partial charge >= 0.3 is 6.18 Å². The summed E-state index contributed by atoms with van der Waals surface area (Å²) < 4.78 is 42.4. The molecule has 0 radical (unpaired) electrons. The van der Waals surface area contributed by atoms with E-state index in [-0.39, 0.29) is 17.1 Å². The first-order chi connectivity index (χ1) is 9.29. The van der Waals surface area contributed by atoms with Gasteiger partial charge in [-0.2, -0.15) is 13.2 Å². The Morgan fingerprint density at radius 1 is 1.35 bits per heavy atom. The van der Waals surface area contributed by atoms with Crippen LogP contribution in [0.5, 0.6) is 0 Å². The van der Waals surface area contributed by atoms with Gasteiger partial charge in [-0.15, -0.1) is 0 Å². The van der Waals surface area contributed by atoms with Gasteiger partial charge in [-0.1, -0.05) is 5.16 Å². The summed E-state index contributed by atoms with van der Waals surface area (Å²) in [6, 6.07) is 1.58. The van der Waals surface area contributed by atoms with E-state index < -0.39 is 17.6 Å². The van der Waals surface area contributed by atoms with Crippen molar-refractivity contribution in [3.05, 3.63) is 40.9 Å². The van der Waals surface area contributed by atoms with E-state index in [4.69, 9.17) is 4.52 Å². The Hall–Kier alpha value is -2.38. The largest absolute Gasteiger partial charge is 0.416 e. The summed E-state index contributed by atoms with van der Waals surface area (Å²) in [6.07, 6.45) is -3.52. The molecule has 8 heteroatoms. The third-order valence-electron chi connectivity index (χ3n) is 2.59. The van der Waals surface area contributed by atoms with Gasteiger partial charge in [0.15, 0.2) is 0 Å². The maximum atomic E-state index is 12.5. The molecule has 0 saturated heterocycles. The predicted octanol–water partition coefficient (Wildman–Crippen LogP) is 2.96. The number of hydrogen-bond donors (Lipinski definition) is 1. The first-order valence-corrected chi connectivity index (χ1v) is 5.56. The van der Waals surface area contributed by atoms with Crippen LogP contribution in [0.1, 0.15) is 27.4 Å². The summed E-state index contributed by atoms with van der Waals surface area (Å²) in [5, 5.41) is 5.89. The standard InChI is InChI=1S/C12H10F3N3O2/c1-6-10(7(2)20-18-6)11(19)17-9-5-8(3-4-16-9)12(13,14)15/h3-5H,1-2H3,(H,16,17,19).